The van der Waals surface area contributed by atoms with Crippen LogP contribution in [0.1, 0.15) is 39.0 Å². The van der Waals surface area contributed by atoms with Gasteiger partial charge in [0.1, 0.15) is 6.04 Å². The molecule has 16 heavy (non-hydrogen) atoms. The second-order valence-corrected chi connectivity index (χ2v) is 4.91. The lowest BCUT2D eigenvalue weighted by Gasteiger charge is -2.33. The van der Waals surface area contributed by atoms with E-state index in [1.54, 1.807) is 11.8 Å². The molecule has 2 fully saturated rings. The van der Waals surface area contributed by atoms with E-state index in [-0.39, 0.29) is 17.9 Å². The molecule has 1 N–H and O–H groups in total. The predicted molar refractivity (Wildman–Crippen MR) is 60.8 cm³/mol. The van der Waals surface area contributed by atoms with Gasteiger partial charge in [-0.15, -0.1) is 0 Å². The molecule has 0 aromatic heterocycles. The third-order valence-corrected chi connectivity index (χ3v) is 3.76. The second-order valence-electron chi connectivity index (χ2n) is 4.91. The van der Waals surface area contributed by atoms with Crippen molar-refractivity contribution in [3.8, 4) is 0 Å². The first-order chi connectivity index (χ1) is 7.68. The molecule has 0 radical (unpaired) electrons. The van der Waals surface area contributed by atoms with Crippen LogP contribution in [0.4, 0.5) is 0 Å². The molecule has 2 amide bonds. The van der Waals surface area contributed by atoms with Gasteiger partial charge in [-0.05, 0) is 25.7 Å². The van der Waals surface area contributed by atoms with Gasteiger partial charge in [0.05, 0.1) is 0 Å². The van der Waals surface area contributed by atoms with Gasteiger partial charge in [-0.2, -0.15) is 0 Å². The van der Waals surface area contributed by atoms with Crippen LogP contribution >= 0.6 is 0 Å². The molecule has 1 heterocycles. The number of carbonyl (C=O) groups is 2. The van der Waals surface area contributed by atoms with Gasteiger partial charge in [0.2, 0.25) is 11.8 Å². The van der Waals surface area contributed by atoms with Crippen LogP contribution in [0.25, 0.3) is 0 Å². The van der Waals surface area contributed by atoms with E-state index in [4.69, 9.17) is 0 Å². The number of nitrogens with zero attached hydrogens (tertiary/aromatic N) is 1. The average molecular weight is 224 g/mol. The average Bonchev–Trinajstić information content (AvgIpc) is 2.74. The van der Waals surface area contributed by atoms with Crippen molar-refractivity contribution in [1.82, 2.24) is 10.2 Å². The van der Waals surface area contributed by atoms with Crippen LogP contribution in [-0.4, -0.2) is 35.8 Å². The van der Waals surface area contributed by atoms with Crippen LogP contribution in [0.3, 0.4) is 0 Å². The molecular formula is C12H20N2O2. The number of nitrogens with one attached hydrogen (secondary N) is 1. The Morgan fingerprint density at radius 1 is 1.44 bits per heavy atom. The summed E-state index contributed by atoms with van der Waals surface area (Å²) in [7, 11) is 0. The van der Waals surface area contributed by atoms with E-state index in [1.807, 2.05) is 0 Å². The summed E-state index contributed by atoms with van der Waals surface area (Å²) >= 11 is 0. The molecule has 1 unspecified atom stereocenters. The lowest BCUT2D eigenvalue weighted by molar-refractivity contribution is -0.143. The highest BCUT2D eigenvalue weighted by Crippen LogP contribution is 2.28. The van der Waals surface area contributed by atoms with Crippen molar-refractivity contribution in [2.75, 3.05) is 13.1 Å². The summed E-state index contributed by atoms with van der Waals surface area (Å²) in [4.78, 5) is 25.2. The minimum atomic E-state index is -0.289. The Balaban J connectivity index is 1.89. The Morgan fingerprint density at radius 3 is 2.81 bits per heavy atom. The molecule has 4 nitrogen and oxygen atoms in total. The summed E-state index contributed by atoms with van der Waals surface area (Å²) < 4.78 is 0. The molecule has 2 rings (SSSR count). The quantitative estimate of drug-likeness (QED) is 0.758. The molecule has 0 aromatic carbocycles. The molecular weight excluding hydrogens is 204 g/mol. The summed E-state index contributed by atoms with van der Waals surface area (Å²) in [5.41, 5.74) is 0. The number of hydrogen-bond donors (Lipinski definition) is 1. The summed E-state index contributed by atoms with van der Waals surface area (Å²) in [6, 6.07) is -0.289. The zero-order chi connectivity index (χ0) is 11.5. The third kappa shape index (κ3) is 2.36. The van der Waals surface area contributed by atoms with Crippen molar-refractivity contribution < 1.29 is 9.59 Å². The molecule has 1 atom stereocenters. The molecule has 1 aliphatic heterocycles. The van der Waals surface area contributed by atoms with E-state index in [0.717, 1.165) is 0 Å². The molecule has 0 spiro atoms. The fourth-order valence-electron chi connectivity index (χ4n) is 2.70. The Kier molecular flexibility index (Phi) is 3.46. The van der Waals surface area contributed by atoms with Gasteiger partial charge < -0.3 is 10.2 Å². The molecule has 90 valence electrons. The van der Waals surface area contributed by atoms with E-state index in [9.17, 15) is 9.59 Å². The standard InChI is InChI=1S/C12H20N2O2/c1-9-12(16)13-6-7-14(9)11(15)8-10-4-2-3-5-10/h9-10H,2-8H2,1H3,(H,13,16). The molecule has 1 saturated carbocycles. The topological polar surface area (TPSA) is 49.4 Å². The van der Waals surface area contributed by atoms with Crippen molar-refractivity contribution in [3.05, 3.63) is 0 Å². The summed E-state index contributed by atoms with van der Waals surface area (Å²) in [6.45, 7) is 3.07. The minimum absolute atomic E-state index is 0.0222. The van der Waals surface area contributed by atoms with Crippen LogP contribution in [0.2, 0.25) is 0 Å². The van der Waals surface area contributed by atoms with Crippen molar-refractivity contribution in [2.45, 2.75) is 45.1 Å². The lowest BCUT2D eigenvalue weighted by atomic mass is 10.0. The SMILES string of the molecule is CC1C(=O)NCCN1C(=O)CC1CCCC1. The Morgan fingerprint density at radius 2 is 2.12 bits per heavy atom. The minimum Gasteiger partial charge on any atom is -0.353 e. The number of carbonyl (C=O) groups excluding carboxylic acids is 2. The number of piperazine rings is 1. The Labute approximate surface area is 96.4 Å². The first kappa shape index (κ1) is 11.4. The van der Waals surface area contributed by atoms with Crippen LogP contribution in [0.5, 0.6) is 0 Å². The van der Waals surface area contributed by atoms with Gasteiger partial charge in [-0.25, -0.2) is 0 Å². The Hall–Kier alpha value is -1.06. The summed E-state index contributed by atoms with van der Waals surface area (Å²) in [5.74, 6) is 0.699. The van der Waals surface area contributed by atoms with Crippen molar-refractivity contribution in [2.24, 2.45) is 5.92 Å². The smallest absolute Gasteiger partial charge is 0.242 e. The zero-order valence-corrected chi connectivity index (χ0v) is 9.87. The zero-order valence-electron chi connectivity index (χ0n) is 9.87. The van der Waals surface area contributed by atoms with Gasteiger partial charge in [-0.3, -0.25) is 9.59 Å². The normalized spacial score (nSPS) is 26.9. The van der Waals surface area contributed by atoms with Gasteiger partial charge in [0, 0.05) is 19.5 Å². The van der Waals surface area contributed by atoms with Gasteiger partial charge in [0.25, 0.3) is 0 Å². The van der Waals surface area contributed by atoms with Crippen molar-refractivity contribution in [1.29, 1.82) is 0 Å². The van der Waals surface area contributed by atoms with Gasteiger partial charge >= 0.3 is 0 Å². The first-order valence-electron chi connectivity index (χ1n) is 6.25. The third-order valence-electron chi connectivity index (χ3n) is 3.76. The molecule has 1 aliphatic carbocycles. The highest BCUT2D eigenvalue weighted by molar-refractivity contribution is 5.88. The highest BCUT2D eigenvalue weighted by atomic mass is 16.2. The largest absolute Gasteiger partial charge is 0.353 e. The highest BCUT2D eigenvalue weighted by Gasteiger charge is 2.30. The fourth-order valence-corrected chi connectivity index (χ4v) is 2.70. The molecule has 0 aromatic rings. The van der Waals surface area contributed by atoms with Crippen molar-refractivity contribution >= 4 is 11.8 Å². The maximum Gasteiger partial charge on any atom is 0.242 e. The van der Waals surface area contributed by atoms with Crippen LogP contribution in [-0.2, 0) is 9.59 Å². The Bertz CT molecular complexity index is 285. The van der Waals surface area contributed by atoms with Crippen molar-refractivity contribution in [3.63, 3.8) is 0 Å². The van der Waals surface area contributed by atoms with E-state index in [1.165, 1.54) is 25.7 Å². The summed E-state index contributed by atoms with van der Waals surface area (Å²) in [5, 5.41) is 2.78. The van der Waals surface area contributed by atoms with Gasteiger partial charge in [0.15, 0.2) is 0 Å². The van der Waals surface area contributed by atoms with Crippen LogP contribution in [0.15, 0.2) is 0 Å². The lowest BCUT2D eigenvalue weighted by Crippen LogP contribution is -2.56. The van der Waals surface area contributed by atoms with E-state index in [0.29, 0.717) is 25.4 Å². The van der Waals surface area contributed by atoms with Crippen LogP contribution < -0.4 is 5.32 Å². The fraction of sp³-hybridized carbons (Fsp3) is 0.833. The molecule has 2 aliphatic rings. The van der Waals surface area contributed by atoms with Gasteiger partial charge in [-0.1, -0.05) is 12.8 Å². The predicted octanol–water partition coefficient (Wildman–Crippen LogP) is 0.914. The maximum atomic E-state index is 12.1. The summed E-state index contributed by atoms with van der Waals surface area (Å²) in [6.07, 6.45) is 5.51. The second kappa shape index (κ2) is 4.85. The van der Waals surface area contributed by atoms with E-state index < -0.39 is 0 Å². The molecule has 0 bridgehead atoms. The van der Waals surface area contributed by atoms with E-state index in [2.05, 4.69) is 5.32 Å². The van der Waals surface area contributed by atoms with Crippen LogP contribution in [0, 0.1) is 5.92 Å². The first-order valence-corrected chi connectivity index (χ1v) is 6.25. The molecule has 1 saturated heterocycles. The monoisotopic (exact) mass is 224 g/mol. The number of hydrogen-bond acceptors (Lipinski definition) is 2. The van der Waals surface area contributed by atoms with E-state index >= 15 is 0 Å². The maximum absolute atomic E-state index is 12.1. The number of amides is 2. The molecule has 4 heteroatoms. The number of rotatable bonds is 2.